The maximum Gasteiger partial charge on any atom is 0.0303 e. The first-order valence-corrected chi connectivity index (χ1v) is 6.79. The van der Waals surface area contributed by atoms with Gasteiger partial charge in [0.1, 0.15) is 0 Å². The molecular formula is C12H15NS2. The lowest BCUT2D eigenvalue weighted by atomic mass is 10.2. The fourth-order valence-electron chi connectivity index (χ4n) is 1.47. The summed E-state index contributed by atoms with van der Waals surface area (Å²) >= 11 is 3.65. The second-order valence-electron chi connectivity index (χ2n) is 3.70. The first-order chi connectivity index (χ1) is 7.25. The van der Waals surface area contributed by atoms with Crippen molar-refractivity contribution < 1.29 is 0 Å². The van der Waals surface area contributed by atoms with E-state index in [1.807, 2.05) is 11.3 Å². The summed E-state index contributed by atoms with van der Waals surface area (Å²) in [4.78, 5) is 2.80. The van der Waals surface area contributed by atoms with Crippen molar-refractivity contribution in [1.82, 2.24) is 5.32 Å². The second kappa shape index (κ2) is 4.92. The molecule has 2 aromatic heterocycles. The van der Waals surface area contributed by atoms with Gasteiger partial charge in [-0.15, -0.1) is 11.3 Å². The molecule has 0 amide bonds. The Hall–Kier alpha value is -0.640. The van der Waals surface area contributed by atoms with Crippen molar-refractivity contribution in [1.29, 1.82) is 0 Å². The highest BCUT2D eigenvalue weighted by Gasteiger charge is 1.99. The van der Waals surface area contributed by atoms with Gasteiger partial charge in [0.15, 0.2) is 0 Å². The van der Waals surface area contributed by atoms with Gasteiger partial charge in [0.05, 0.1) is 0 Å². The Labute approximate surface area is 98.8 Å². The molecular weight excluding hydrogens is 222 g/mol. The molecule has 15 heavy (non-hydrogen) atoms. The quantitative estimate of drug-likeness (QED) is 0.854. The van der Waals surface area contributed by atoms with Gasteiger partial charge in [-0.3, -0.25) is 0 Å². The number of nitrogens with one attached hydrogen (secondary N) is 1. The van der Waals surface area contributed by atoms with Crippen LogP contribution in [0.25, 0.3) is 0 Å². The number of rotatable bonds is 4. The predicted octanol–water partition coefficient (Wildman–Crippen LogP) is 3.72. The Morgan fingerprint density at radius 1 is 1.13 bits per heavy atom. The lowest BCUT2D eigenvalue weighted by Gasteiger charge is -2.02. The number of aryl methyl sites for hydroxylation is 2. The second-order valence-corrected chi connectivity index (χ2v) is 5.81. The van der Waals surface area contributed by atoms with Crippen molar-refractivity contribution in [3.8, 4) is 0 Å². The van der Waals surface area contributed by atoms with Gasteiger partial charge in [0.25, 0.3) is 0 Å². The third kappa shape index (κ3) is 2.91. The zero-order chi connectivity index (χ0) is 10.7. The van der Waals surface area contributed by atoms with E-state index in [1.54, 1.807) is 11.3 Å². The highest BCUT2D eigenvalue weighted by atomic mass is 32.1. The van der Waals surface area contributed by atoms with Crippen molar-refractivity contribution in [2.24, 2.45) is 0 Å². The standard InChI is InChI=1S/C12H15NS2/c1-9-7-14-8-11(9)5-13-6-12-4-3-10(2)15-12/h3-4,7-8,13H,5-6H2,1-2H3. The molecule has 0 saturated heterocycles. The molecule has 0 atom stereocenters. The summed E-state index contributed by atoms with van der Waals surface area (Å²) in [5.74, 6) is 0. The zero-order valence-electron chi connectivity index (χ0n) is 9.04. The van der Waals surface area contributed by atoms with E-state index < -0.39 is 0 Å². The third-order valence-corrected chi connectivity index (χ3v) is 4.28. The van der Waals surface area contributed by atoms with E-state index in [9.17, 15) is 0 Å². The van der Waals surface area contributed by atoms with Crippen LogP contribution in [0, 0.1) is 13.8 Å². The van der Waals surface area contributed by atoms with E-state index in [0.29, 0.717) is 0 Å². The Bertz CT molecular complexity index is 428. The van der Waals surface area contributed by atoms with Gasteiger partial charge in [0.2, 0.25) is 0 Å². The Balaban J connectivity index is 1.83. The van der Waals surface area contributed by atoms with Crippen LogP contribution >= 0.6 is 22.7 Å². The zero-order valence-corrected chi connectivity index (χ0v) is 10.7. The van der Waals surface area contributed by atoms with Crippen LogP contribution in [-0.4, -0.2) is 0 Å². The minimum absolute atomic E-state index is 0.978. The van der Waals surface area contributed by atoms with Crippen LogP contribution in [0.15, 0.2) is 22.9 Å². The van der Waals surface area contributed by atoms with Gasteiger partial charge in [0, 0.05) is 22.8 Å². The van der Waals surface area contributed by atoms with Crippen molar-refractivity contribution in [3.05, 3.63) is 43.8 Å². The normalized spacial score (nSPS) is 10.8. The summed E-state index contributed by atoms with van der Waals surface area (Å²) in [6, 6.07) is 4.38. The van der Waals surface area contributed by atoms with Crippen molar-refractivity contribution >= 4 is 22.7 Å². The van der Waals surface area contributed by atoms with Gasteiger partial charge >= 0.3 is 0 Å². The van der Waals surface area contributed by atoms with Crippen LogP contribution in [0.4, 0.5) is 0 Å². The van der Waals surface area contributed by atoms with E-state index in [2.05, 4.69) is 42.1 Å². The van der Waals surface area contributed by atoms with E-state index in [4.69, 9.17) is 0 Å². The monoisotopic (exact) mass is 237 g/mol. The van der Waals surface area contributed by atoms with Crippen molar-refractivity contribution in [2.45, 2.75) is 26.9 Å². The maximum absolute atomic E-state index is 3.48. The molecule has 1 nitrogen and oxygen atoms in total. The molecule has 0 saturated carbocycles. The molecule has 1 N–H and O–H groups in total. The molecule has 0 radical (unpaired) electrons. The van der Waals surface area contributed by atoms with E-state index in [1.165, 1.54) is 20.9 Å². The van der Waals surface area contributed by atoms with Gasteiger partial charge in [-0.25, -0.2) is 0 Å². The molecule has 0 aliphatic carbocycles. The predicted molar refractivity (Wildman–Crippen MR) is 68.7 cm³/mol. The summed E-state index contributed by atoms with van der Waals surface area (Å²) in [6.07, 6.45) is 0. The molecule has 2 heterocycles. The first-order valence-electron chi connectivity index (χ1n) is 5.03. The molecule has 0 unspecified atom stereocenters. The molecule has 0 aliphatic rings. The topological polar surface area (TPSA) is 12.0 Å². The molecule has 0 spiro atoms. The van der Waals surface area contributed by atoms with Gasteiger partial charge in [-0.1, -0.05) is 0 Å². The summed E-state index contributed by atoms with van der Waals surface area (Å²) in [7, 11) is 0. The van der Waals surface area contributed by atoms with Crippen LogP contribution < -0.4 is 5.32 Å². The summed E-state index contributed by atoms with van der Waals surface area (Å²) in [5, 5.41) is 7.90. The molecule has 0 fully saturated rings. The Kier molecular flexibility index (Phi) is 3.57. The van der Waals surface area contributed by atoms with Crippen LogP contribution in [0.1, 0.15) is 20.9 Å². The minimum atomic E-state index is 0.978. The van der Waals surface area contributed by atoms with E-state index in [0.717, 1.165) is 13.1 Å². The first kappa shape index (κ1) is 10.9. The SMILES string of the molecule is Cc1ccc(CNCc2cscc2C)s1. The van der Waals surface area contributed by atoms with Crippen LogP contribution in [-0.2, 0) is 13.1 Å². The van der Waals surface area contributed by atoms with Crippen LogP contribution in [0.2, 0.25) is 0 Å². The summed E-state index contributed by atoms with van der Waals surface area (Å²) in [6.45, 7) is 6.28. The van der Waals surface area contributed by atoms with Crippen molar-refractivity contribution in [2.75, 3.05) is 0 Å². The average Bonchev–Trinajstić information content (AvgIpc) is 2.77. The van der Waals surface area contributed by atoms with Gasteiger partial charge < -0.3 is 5.32 Å². The number of hydrogen-bond donors (Lipinski definition) is 1. The Morgan fingerprint density at radius 2 is 2.00 bits per heavy atom. The van der Waals surface area contributed by atoms with Gasteiger partial charge in [-0.05, 0) is 47.9 Å². The molecule has 3 heteroatoms. The fourth-order valence-corrected chi connectivity index (χ4v) is 3.19. The molecule has 2 aromatic rings. The lowest BCUT2D eigenvalue weighted by molar-refractivity contribution is 0.700. The fraction of sp³-hybridized carbons (Fsp3) is 0.333. The smallest absolute Gasteiger partial charge is 0.0303 e. The minimum Gasteiger partial charge on any atom is -0.308 e. The molecule has 2 rings (SSSR count). The van der Waals surface area contributed by atoms with Crippen LogP contribution in [0.5, 0.6) is 0 Å². The number of thiophene rings is 2. The molecule has 0 bridgehead atoms. The maximum atomic E-state index is 3.48. The lowest BCUT2D eigenvalue weighted by Crippen LogP contribution is -2.11. The van der Waals surface area contributed by atoms with E-state index in [-0.39, 0.29) is 0 Å². The largest absolute Gasteiger partial charge is 0.308 e. The average molecular weight is 237 g/mol. The third-order valence-electron chi connectivity index (χ3n) is 2.37. The highest BCUT2D eigenvalue weighted by Crippen LogP contribution is 2.16. The molecule has 80 valence electrons. The molecule has 0 aromatic carbocycles. The van der Waals surface area contributed by atoms with Crippen LogP contribution in [0.3, 0.4) is 0 Å². The summed E-state index contributed by atoms with van der Waals surface area (Å²) in [5.41, 5.74) is 2.82. The number of hydrogen-bond acceptors (Lipinski definition) is 3. The Morgan fingerprint density at radius 3 is 2.60 bits per heavy atom. The highest BCUT2D eigenvalue weighted by molar-refractivity contribution is 7.11. The van der Waals surface area contributed by atoms with Crippen molar-refractivity contribution in [3.63, 3.8) is 0 Å². The van der Waals surface area contributed by atoms with Gasteiger partial charge in [-0.2, -0.15) is 11.3 Å². The summed E-state index contributed by atoms with van der Waals surface area (Å²) < 4.78 is 0. The van der Waals surface area contributed by atoms with E-state index >= 15 is 0 Å². The molecule has 0 aliphatic heterocycles.